The zero-order valence-corrected chi connectivity index (χ0v) is 6.00. The summed E-state index contributed by atoms with van der Waals surface area (Å²) >= 11 is 0. The van der Waals surface area contributed by atoms with Crippen molar-refractivity contribution in [1.82, 2.24) is 0 Å². The monoisotopic (exact) mass is 147 g/mol. The van der Waals surface area contributed by atoms with Gasteiger partial charge in [-0.1, -0.05) is 6.92 Å². The number of carboxylic acid groups (broad SMARTS) is 1. The van der Waals surface area contributed by atoms with Crippen LogP contribution in [0, 0.1) is 5.41 Å². The minimum absolute atomic E-state index is 0.0833. The fourth-order valence-electron chi connectivity index (χ4n) is 0.558. The van der Waals surface area contributed by atoms with Gasteiger partial charge in [-0.2, -0.15) is 0 Å². The quantitative estimate of drug-likeness (QED) is 0.496. The van der Waals surface area contributed by atoms with Gasteiger partial charge in [0.05, 0.1) is 13.0 Å². The molecule has 0 aromatic carbocycles. The van der Waals surface area contributed by atoms with E-state index in [1.807, 2.05) is 0 Å². The molecule has 60 valence electrons. The molecule has 0 aliphatic heterocycles. The normalized spacial score (nSPS) is 16.3. The van der Waals surface area contributed by atoms with Crippen LogP contribution in [0.5, 0.6) is 0 Å². The van der Waals surface area contributed by atoms with E-state index in [1.54, 1.807) is 6.92 Å². The topological polar surface area (TPSA) is 83.5 Å². The van der Waals surface area contributed by atoms with Crippen molar-refractivity contribution in [3.63, 3.8) is 0 Å². The maximum atomic E-state index is 10.2. The highest BCUT2D eigenvalue weighted by Gasteiger charge is 2.24. The number of hydrogen-bond acceptors (Lipinski definition) is 3. The summed E-state index contributed by atoms with van der Waals surface area (Å²) in [5.41, 5.74) is 4.58. The average molecular weight is 147 g/mol. The molecule has 4 nitrogen and oxygen atoms in total. The highest BCUT2D eigenvalue weighted by molar-refractivity contribution is 5.67. The third-order valence-corrected chi connectivity index (χ3v) is 1.45. The molecule has 4 heteroatoms. The highest BCUT2D eigenvalue weighted by Crippen LogP contribution is 2.17. The SMILES string of the molecule is CC(CN)(CO)CC(=O)O. The molecular formula is C6H13NO3. The van der Waals surface area contributed by atoms with E-state index < -0.39 is 11.4 Å². The zero-order chi connectivity index (χ0) is 8.20. The van der Waals surface area contributed by atoms with Gasteiger partial charge in [-0.05, 0) is 0 Å². The second-order valence-corrected chi connectivity index (χ2v) is 2.74. The third kappa shape index (κ3) is 2.80. The molecule has 0 bridgehead atoms. The molecule has 0 saturated heterocycles. The Bertz CT molecular complexity index is 120. The van der Waals surface area contributed by atoms with Crippen LogP contribution in [0.4, 0.5) is 0 Å². The van der Waals surface area contributed by atoms with Crippen molar-refractivity contribution in [3.8, 4) is 0 Å². The second-order valence-electron chi connectivity index (χ2n) is 2.74. The summed E-state index contributed by atoms with van der Waals surface area (Å²) in [5.74, 6) is -0.929. The summed E-state index contributed by atoms with van der Waals surface area (Å²) in [4.78, 5) is 10.2. The average Bonchev–Trinajstić information content (AvgIpc) is 1.87. The number of nitrogens with two attached hydrogens (primary N) is 1. The molecule has 0 spiro atoms. The van der Waals surface area contributed by atoms with Crippen LogP contribution >= 0.6 is 0 Å². The van der Waals surface area contributed by atoms with Crippen molar-refractivity contribution in [2.75, 3.05) is 13.2 Å². The number of carboxylic acids is 1. The van der Waals surface area contributed by atoms with Gasteiger partial charge < -0.3 is 15.9 Å². The molecule has 4 N–H and O–H groups in total. The minimum Gasteiger partial charge on any atom is -0.481 e. The molecule has 0 heterocycles. The Morgan fingerprint density at radius 3 is 2.30 bits per heavy atom. The van der Waals surface area contributed by atoms with Crippen molar-refractivity contribution >= 4 is 5.97 Å². The number of aliphatic hydroxyl groups is 1. The van der Waals surface area contributed by atoms with E-state index in [1.165, 1.54) is 0 Å². The van der Waals surface area contributed by atoms with Gasteiger partial charge in [0, 0.05) is 12.0 Å². The first kappa shape index (κ1) is 9.39. The Hall–Kier alpha value is -0.610. The van der Waals surface area contributed by atoms with Crippen molar-refractivity contribution in [3.05, 3.63) is 0 Å². The smallest absolute Gasteiger partial charge is 0.304 e. The number of hydrogen-bond donors (Lipinski definition) is 3. The van der Waals surface area contributed by atoms with Crippen LogP contribution < -0.4 is 5.73 Å². The van der Waals surface area contributed by atoms with Crippen molar-refractivity contribution in [2.45, 2.75) is 13.3 Å². The molecule has 1 unspecified atom stereocenters. The predicted molar refractivity (Wildman–Crippen MR) is 36.5 cm³/mol. The lowest BCUT2D eigenvalue weighted by atomic mass is 9.88. The molecule has 1 atom stereocenters. The molecule has 0 aliphatic rings. The standard InChI is InChI=1S/C6H13NO3/c1-6(3-7,4-8)2-5(9)10/h8H,2-4,7H2,1H3,(H,9,10). The Labute approximate surface area is 59.7 Å². The van der Waals surface area contributed by atoms with E-state index in [-0.39, 0.29) is 19.6 Å². The van der Waals surface area contributed by atoms with Gasteiger partial charge in [-0.25, -0.2) is 0 Å². The zero-order valence-electron chi connectivity index (χ0n) is 6.00. The Morgan fingerprint density at radius 1 is 1.70 bits per heavy atom. The Balaban J connectivity index is 3.92. The number of carbonyl (C=O) groups is 1. The Morgan fingerprint density at radius 2 is 2.20 bits per heavy atom. The molecular weight excluding hydrogens is 134 g/mol. The summed E-state index contributed by atoms with van der Waals surface area (Å²) in [6, 6.07) is 0. The van der Waals surface area contributed by atoms with Gasteiger partial charge in [-0.3, -0.25) is 4.79 Å². The summed E-state index contributed by atoms with van der Waals surface area (Å²) in [5, 5.41) is 17.0. The maximum absolute atomic E-state index is 10.2. The molecule has 0 fully saturated rings. The fraction of sp³-hybridized carbons (Fsp3) is 0.833. The largest absolute Gasteiger partial charge is 0.481 e. The van der Waals surface area contributed by atoms with Gasteiger partial charge in [0.2, 0.25) is 0 Å². The van der Waals surface area contributed by atoms with E-state index in [9.17, 15) is 4.79 Å². The number of rotatable bonds is 4. The van der Waals surface area contributed by atoms with Crippen LogP contribution in [0.25, 0.3) is 0 Å². The van der Waals surface area contributed by atoms with E-state index in [4.69, 9.17) is 15.9 Å². The predicted octanol–water partition coefficient (Wildman–Crippen LogP) is -0.582. The van der Waals surface area contributed by atoms with Crippen LogP contribution in [0.2, 0.25) is 0 Å². The van der Waals surface area contributed by atoms with Gasteiger partial charge in [-0.15, -0.1) is 0 Å². The lowest BCUT2D eigenvalue weighted by molar-refractivity contribution is -0.140. The number of aliphatic hydroxyl groups excluding tert-OH is 1. The van der Waals surface area contributed by atoms with Gasteiger partial charge in [0.25, 0.3) is 0 Å². The fourth-order valence-corrected chi connectivity index (χ4v) is 0.558. The van der Waals surface area contributed by atoms with Crippen molar-refractivity contribution < 1.29 is 15.0 Å². The molecule has 0 aliphatic carbocycles. The van der Waals surface area contributed by atoms with Gasteiger partial charge in [0.15, 0.2) is 0 Å². The van der Waals surface area contributed by atoms with Gasteiger partial charge >= 0.3 is 5.97 Å². The van der Waals surface area contributed by atoms with Crippen LogP contribution in [-0.2, 0) is 4.79 Å². The van der Waals surface area contributed by atoms with Crippen molar-refractivity contribution in [1.29, 1.82) is 0 Å². The lowest BCUT2D eigenvalue weighted by Crippen LogP contribution is -2.33. The summed E-state index contributed by atoms with van der Waals surface area (Å²) < 4.78 is 0. The molecule has 0 radical (unpaired) electrons. The summed E-state index contributed by atoms with van der Waals surface area (Å²) in [6.07, 6.45) is -0.0833. The number of aliphatic carboxylic acids is 1. The van der Waals surface area contributed by atoms with E-state index in [2.05, 4.69) is 0 Å². The Kier molecular flexibility index (Phi) is 3.32. The lowest BCUT2D eigenvalue weighted by Gasteiger charge is -2.22. The molecule has 0 aromatic rings. The highest BCUT2D eigenvalue weighted by atomic mass is 16.4. The van der Waals surface area contributed by atoms with Crippen molar-refractivity contribution in [2.24, 2.45) is 11.1 Å². The maximum Gasteiger partial charge on any atom is 0.304 e. The first-order valence-corrected chi connectivity index (χ1v) is 3.07. The molecule has 0 amide bonds. The molecule has 0 aromatic heterocycles. The van der Waals surface area contributed by atoms with E-state index >= 15 is 0 Å². The first-order valence-electron chi connectivity index (χ1n) is 3.07. The van der Waals surface area contributed by atoms with E-state index in [0.717, 1.165) is 0 Å². The van der Waals surface area contributed by atoms with Crippen LogP contribution in [0.3, 0.4) is 0 Å². The minimum atomic E-state index is -0.929. The molecule has 0 rings (SSSR count). The van der Waals surface area contributed by atoms with Crippen LogP contribution in [-0.4, -0.2) is 29.3 Å². The third-order valence-electron chi connectivity index (χ3n) is 1.45. The van der Waals surface area contributed by atoms with Crippen LogP contribution in [0.1, 0.15) is 13.3 Å². The molecule has 10 heavy (non-hydrogen) atoms. The van der Waals surface area contributed by atoms with Gasteiger partial charge in [0.1, 0.15) is 0 Å². The summed E-state index contributed by atoms with van der Waals surface area (Å²) in [7, 11) is 0. The summed E-state index contributed by atoms with van der Waals surface area (Å²) in [6.45, 7) is 1.65. The van der Waals surface area contributed by atoms with Crippen LogP contribution in [0.15, 0.2) is 0 Å². The first-order chi connectivity index (χ1) is 4.54. The van der Waals surface area contributed by atoms with E-state index in [0.29, 0.717) is 0 Å². The second kappa shape index (κ2) is 3.53. The molecule has 0 saturated carbocycles.